The average molecular weight is 276 g/mol. The van der Waals surface area contributed by atoms with E-state index in [1.807, 2.05) is 0 Å². The molecule has 0 aliphatic rings. The van der Waals surface area contributed by atoms with Crippen LogP contribution in [0.2, 0.25) is 0 Å². The molecule has 1 aromatic heterocycles. The second-order valence-corrected chi connectivity index (χ2v) is 3.99. The number of methoxy groups -OCH3 is 1. The van der Waals surface area contributed by atoms with Crippen LogP contribution in [0.1, 0.15) is 6.30 Å². The molecule has 0 radical (unpaired) electrons. The fourth-order valence-electron chi connectivity index (χ4n) is 1.56. The van der Waals surface area contributed by atoms with Crippen LogP contribution in [0.4, 0.5) is 10.2 Å². The fourth-order valence-corrected chi connectivity index (χ4v) is 1.56. The highest BCUT2D eigenvalue weighted by Gasteiger charge is 2.42. The normalized spacial score (nSPS) is 17.7. The molecule has 19 heavy (non-hydrogen) atoms. The lowest BCUT2D eigenvalue weighted by Gasteiger charge is -2.35. The summed E-state index contributed by atoms with van der Waals surface area (Å²) in [6.45, 7) is -1.04. The highest BCUT2D eigenvalue weighted by molar-refractivity contribution is 5.23. The highest BCUT2D eigenvalue weighted by atomic mass is 19.1. The molecule has 0 aromatic carbocycles. The van der Waals surface area contributed by atoms with Gasteiger partial charge in [0.2, 0.25) is 6.30 Å². The molecule has 0 saturated carbocycles. The average Bonchev–Trinajstić information content (AvgIpc) is 2.40. The molecule has 6 N–H and O–H groups in total. The Morgan fingerprint density at radius 2 is 2.32 bits per heavy atom. The van der Waals surface area contributed by atoms with Crippen LogP contribution < -0.4 is 17.2 Å². The number of nitrogens with two attached hydrogens (primary N) is 2. The molecular formula is C10H17FN4O4. The molecule has 0 amide bonds. The first-order valence-corrected chi connectivity index (χ1v) is 5.44. The van der Waals surface area contributed by atoms with Crippen LogP contribution in [0.5, 0.6) is 0 Å². The Bertz CT molecular complexity index is 469. The van der Waals surface area contributed by atoms with Crippen molar-refractivity contribution in [2.45, 2.75) is 18.0 Å². The minimum absolute atomic E-state index is 0.0677. The number of halogens is 1. The minimum Gasteiger partial charge on any atom is -0.393 e. The lowest BCUT2D eigenvalue weighted by Crippen LogP contribution is -2.56. The molecule has 8 nitrogen and oxygen atoms in total. The van der Waals surface area contributed by atoms with E-state index >= 15 is 0 Å². The van der Waals surface area contributed by atoms with Crippen molar-refractivity contribution in [1.82, 2.24) is 9.55 Å². The van der Waals surface area contributed by atoms with Gasteiger partial charge in [0.1, 0.15) is 17.5 Å². The van der Waals surface area contributed by atoms with Gasteiger partial charge in [-0.25, -0.2) is 9.18 Å². The quantitative estimate of drug-likeness (QED) is 0.471. The number of aromatic nitrogens is 2. The third-order valence-corrected chi connectivity index (χ3v) is 2.94. The third kappa shape index (κ3) is 2.89. The number of aliphatic hydroxyl groups is 2. The topological polar surface area (TPSA) is 137 Å². The van der Waals surface area contributed by atoms with Gasteiger partial charge in [-0.1, -0.05) is 0 Å². The van der Waals surface area contributed by atoms with Crippen molar-refractivity contribution in [3.63, 3.8) is 0 Å². The predicted molar refractivity (Wildman–Crippen MR) is 64.9 cm³/mol. The molecule has 108 valence electrons. The van der Waals surface area contributed by atoms with E-state index in [-0.39, 0.29) is 12.4 Å². The Morgan fingerprint density at radius 3 is 2.74 bits per heavy atom. The summed E-state index contributed by atoms with van der Waals surface area (Å²) in [7, 11) is 1.17. The van der Waals surface area contributed by atoms with Crippen LogP contribution >= 0.6 is 0 Å². The van der Waals surface area contributed by atoms with Gasteiger partial charge >= 0.3 is 5.69 Å². The van der Waals surface area contributed by atoms with Crippen LogP contribution in [0.15, 0.2) is 17.1 Å². The van der Waals surface area contributed by atoms with Crippen LogP contribution in [0, 0.1) is 0 Å². The van der Waals surface area contributed by atoms with Gasteiger partial charge in [0.25, 0.3) is 0 Å². The van der Waals surface area contributed by atoms with Gasteiger partial charge in [0.05, 0.1) is 6.61 Å². The van der Waals surface area contributed by atoms with Crippen LogP contribution in [0.25, 0.3) is 0 Å². The van der Waals surface area contributed by atoms with E-state index < -0.39 is 30.3 Å². The van der Waals surface area contributed by atoms with Gasteiger partial charge in [0.15, 0.2) is 0 Å². The number of alkyl halides is 1. The smallest absolute Gasteiger partial charge is 0.351 e. The van der Waals surface area contributed by atoms with Crippen molar-refractivity contribution in [3.8, 4) is 0 Å². The van der Waals surface area contributed by atoms with Crippen LogP contribution in [-0.2, 0) is 4.74 Å². The van der Waals surface area contributed by atoms with Gasteiger partial charge in [0, 0.05) is 19.9 Å². The summed E-state index contributed by atoms with van der Waals surface area (Å²) in [5.74, 6) is -0.0677. The predicted octanol–water partition coefficient (Wildman–Crippen LogP) is -2.01. The Hall–Kier alpha value is -1.55. The van der Waals surface area contributed by atoms with Gasteiger partial charge in [-0.2, -0.15) is 4.98 Å². The zero-order valence-corrected chi connectivity index (χ0v) is 10.4. The van der Waals surface area contributed by atoms with E-state index in [1.165, 1.54) is 13.2 Å². The number of hydrogen-bond acceptors (Lipinski definition) is 7. The van der Waals surface area contributed by atoms with Crippen molar-refractivity contribution in [2.24, 2.45) is 5.73 Å². The summed E-state index contributed by atoms with van der Waals surface area (Å²) in [4.78, 5) is 14.8. The number of rotatable bonds is 6. The monoisotopic (exact) mass is 276 g/mol. The molecule has 0 saturated heterocycles. The Kier molecular flexibility index (Phi) is 4.95. The molecule has 0 fully saturated rings. The van der Waals surface area contributed by atoms with E-state index in [0.29, 0.717) is 4.57 Å². The minimum atomic E-state index is -2.18. The Balaban J connectivity index is 3.11. The maximum atomic E-state index is 14.2. The molecule has 0 bridgehead atoms. The SMILES string of the molecule is CO[C@](CN)(CO)[C@@H](O)[C@@H](F)n1ccc(N)nc1=O. The van der Waals surface area contributed by atoms with Crippen molar-refractivity contribution in [3.05, 3.63) is 22.7 Å². The van der Waals surface area contributed by atoms with E-state index in [2.05, 4.69) is 4.98 Å². The first-order chi connectivity index (χ1) is 8.91. The second-order valence-electron chi connectivity index (χ2n) is 3.99. The second kappa shape index (κ2) is 6.06. The van der Waals surface area contributed by atoms with Crippen molar-refractivity contribution >= 4 is 5.82 Å². The Morgan fingerprint density at radius 1 is 1.68 bits per heavy atom. The number of ether oxygens (including phenoxy) is 1. The number of hydrogen-bond donors (Lipinski definition) is 4. The largest absolute Gasteiger partial charge is 0.393 e. The van der Waals surface area contributed by atoms with E-state index in [1.54, 1.807) is 0 Å². The van der Waals surface area contributed by atoms with Crippen LogP contribution in [-0.4, -0.2) is 51.7 Å². The van der Waals surface area contributed by atoms with Crippen LogP contribution in [0.3, 0.4) is 0 Å². The number of nitrogens with zero attached hydrogens (tertiary/aromatic N) is 2. The zero-order valence-electron chi connectivity index (χ0n) is 10.4. The summed E-state index contributed by atoms with van der Waals surface area (Å²) in [5.41, 5.74) is 7.97. The van der Waals surface area contributed by atoms with E-state index in [9.17, 15) is 19.4 Å². The Labute approximate surface area is 108 Å². The van der Waals surface area contributed by atoms with Crippen molar-refractivity contribution in [2.75, 3.05) is 26.0 Å². The number of nitrogen functional groups attached to an aromatic ring is 1. The lowest BCUT2D eigenvalue weighted by atomic mass is 9.96. The molecular weight excluding hydrogens is 259 g/mol. The molecule has 1 aromatic rings. The summed E-state index contributed by atoms with van der Waals surface area (Å²) in [6.07, 6.45) is -2.99. The summed E-state index contributed by atoms with van der Waals surface area (Å²) < 4.78 is 19.6. The molecule has 1 heterocycles. The maximum Gasteiger partial charge on any atom is 0.351 e. The van der Waals surface area contributed by atoms with Crippen molar-refractivity contribution < 1.29 is 19.3 Å². The highest BCUT2D eigenvalue weighted by Crippen LogP contribution is 2.24. The molecule has 0 aliphatic carbocycles. The fraction of sp³-hybridized carbons (Fsp3) is 0.600. The summed E-state index contributed by atoms with van der Waals surface area (Å²) in [5, 5.41) is 19.1. The third-order valence-electron chi connectivity index (χ3n) is 2.94. The van der Waals surface area contributed by atoms with E-state index in [4.69, 9.17) is 16.2 Å². The molecule has 0 aliphatic heterocycles. The first-order valence-electron chi connectivity index (χ1n) is 5.44. The van der Waals surface area contributed by atoms with E-state index in [0.717, 1.165) is 6.20 Å². The molecule has 9 heteroatoms. The van der Waals surface area contributed by atoms with Gasteiger partial charge in [-0.05, 0) is 6.07 Å². The van der Waals surface area contributed by atoms with Gasteiger partial charge in [-0.15, -0.1) is 0 Å². The number of anilines is 1. The van der Waals surface area contributed by atoms with Crippen molar-refractivity contribution in [1.29, 1.82) is 0 Å². The summed E-state index contributed by atoms with van der Waals surface area (Å²) >= 11 is 0. The molecule has 0 spiro atoms. The molecule has 3 atom stereocenters. The molecule has 0 unspecified atom stereocenters. The maximum absolute atomic E-state index is 14.2. The summed E-state index contributed by atoms with van der Waals surface area (Å²) in [6, 6.07) is 1.20. The van der Waals surface area contributed by atoms with Gasteiger partial charge in [-0.3, -0.25) is 4.57 Å². The zero-order chi connectivity index (χ0) is 14.6. The number of aliphatic hydroxyl groups excluding tert-OH is 2. The molecule has 1 rings (SSSR count). The standard InChI is InChI=1S/C10H17FN4O4/c1-19-10(4-12,5-16)7(17)8(11)15-3-2-6(13)14-9(15)18/h2-3,7-8,16-17H,4-5,12H2,1H3,(H2,13,14,18)/t7-,8-,10+/m0/s1. The lowest BCUT2D eigenvalue weighted by molar-refractivity contribution is -0.158. The van der Waals surface area contributed by atoms with Gasteiger partial charge < -0.3 is 26.4 Å². The first kappa shape index (κ1) is 15.5.